The number of aromatic hydroxyl groups is 1. The van der Waals surface area contributed by atoms with Crippen molar-refractivity contribution in [3.05, 3.63) is 48.0 Å². The summed E-state index contributed by atoms with van der Waals surface area (Å²) in [5.74, 6) is 0.824. The Morgan fingerprint density at radius 1 is 1.25 bits per heavy atom. The van der Waals surface area contributed by atoms with E-state index in [2.05, 4.69) is 9.97 Å². The number of nitrogens with zero attached hydrogens (tertiary/aromatic N) is 3. The largest absolute Gasteiger partial charge is 0.504 e. The highest BCUT2D eigenvalue weighted by Gasteiger charge is 2.53. The van der Waals surface area contributed by atoms with Crippen molar-refractivity contribution in [2.75, 3.05) is 19.7 Å². The van der Waals surface area contributed by atoms with Gasteiger partial charge in [-0.25, -0.2) is 4.98 Å². The molecule has 0 bridgehead atoms. The Hall–Kier alpha value is -2.67. The minimum Gasteiger partial charge on any atom is -0.504 e. The van der Waals surface area contributed by atoms with Crippen LogP contribution in [0.15, 0.2) is 36.8 Å². The summed E-state index contributed by atoms with van der Waals surface area (Å²) in [6.45, 7) is 1.90. The maximum Gasteiger partial charge on any atom is 0.274 e. The van der Waals surface area contributed by atoms with Gasteiger partial charge in [0.2, 0.25) is 0 Å². The van der Waals surface area contributed by atoms with E-state index in [1.807, 2.05) is 17.0 Å². The van der Waals surface area contributed by atoms with Gasteiger partial charge in [-0.15, -0.1) is 0 Å². The first-order valence-corrected chi connectivity index (χ1v) is 9.86. The number of para-hydroxylation sites is 1. The number of phenols is 1. The number of benzene rings is 1. The van der Waals surface area contributed by atoms with Crippen molar-refractivity contribution in [2.45, 2.75) is 37.4 Å². The van der Waals surface area contributed by atoms with Crippen LogP contribution in [-0.4, -0.2) is 51.2 Å². The monoisotopic (exact) mass is 381 g/mol. The lowest BCUT2D eigenvalue weighted by atomic mass is 9.70. The van der Waals surface area contributed by atoms with Gasteiger partial charge in [-0.3, -0.25) is 9.78 Å². The van der Waals surface area contributed by atoms with Gasteiger partial charge < -0.3 is 19.5 Å². The molecule has 5 rings (SSSR count). The number of fused-ring (bicyclic) bond motifs is 4. The summed E-state index contributed by atoms with van der Waals surface area (Å²) in [4.78, 5) is 22.7. The highest BCUT2D eigenvalue weighted by Crippen LogP contribution is 2.55. The number of carbonyl (C=O) groups excluding carboxylic acids is 1. The fourth-order valence-corrected chi connectivity index (χ4v) is 4.92. The molecule has 1 N–H and O–H groups in total. The average Bonchev–Trinajstić information content (AvgIpc) is 2.76. The van der Waals surface area contributed by atoms with Crippen molar-refractivity contribution in [1.82, 2.24) is 14.9 Å². The van der Waals surface area contributed by atoms with E-state index in [1.54, 1.807) is 12.3 Å². The Morgan fingerprint density at radius 2 is 2.11 bits per heavy atom. The maximum absolute atomic E-state index is 12.7. The molecule has 1 aromatic carbocycles. The number of likely N-dealkylation sites (tertiary alicyclic amines) is 1. The van der Waals surface area contributed by atoms with Crippen LogP contribution in [0.4, 0.5) is 0 Å². The van der Waals surface area contributed by atoms with Crippen LogP contribution in [0.5, 0.6) is 11.5 Å². The molecule has 0 unspecified atom stereocenters. The van der Waals surface area contributed by atoms with Gasteiger partial charge in [0, 0.05) is 56.4 Å². The smallest absolute Gasteiger partial charge is 0.274 e. The zero-order valence-corrected chi connectivity index (χ0v) is 15.6. The summed E-state index contributed by atoms with van der Waals surface area (Å²) in [5.41, 5.74) is 0.883. The molecule has 0 aliphatic carbocycles. The van der Waals surface area contributed by atoms with Gasteiger partial charge in [0.15, 0.2) is 11.5 Å². The minimum absolute atomic E-state index is 0.0631. The number of rotatable bonds is 1. The molecule has 2 aromatic rings. The molecule has 2 fully saturated rings. The summed E-state index contributed by atoms with van der Waals surface area (Å²) < 4.78 is 12.6. The molecular weight excluding hydrogens is 358 g/mol. The third-order valence-corrected chi connectivity index (χ3v) is 6.31. The van der Waals surface area contributed by atoms with Crippen molar-refractivity contribution >= 4 is 5.91 Å². The summed E-state index contributed by atoms with van der Waals surface area (Å²) in [5, 5.41) is 10.4. The highest BCUT2D eigenvalue weighted by molar-refractivity contribution is 5.92. The van der Waals surface area contributed by atoms with Gasteiger partial charge in [-0.2, -0.15) is 0 Å². The van der Waals surface area contributed by atoms with E-state index in [1.165, 1.54) is 12.4 Å². The minimum atomic E-state index is -0.421. The number of aromatic nitrogens is 2. The Balaban J connectivity index is 1.41. The zero-order chi connectivity index (χ0) is 19.1. The first kappa shape index (κ1) is 17.4. The van der Waals surface area contributed by atoms with Crippen LogP contribution in [0.2, 0.25) is 0 Å². The Morgan fingerprint density at radius 3 is 2.89 bits per heavy atom. The van der Waals surface area contributed by atoms with E-state index < -0.39 is 5.60 Å². The van der Waals surface area contributed by atoms with Crippen LogP contribution in [-0.2, 0) is 4.74 Å². The van der Waals surface area contributed by atoms with E-state index in [4.69, 9.17) is 9.47 Å². The number of carbonyl (C=O) groups is 1. The third kappa shape index (κ3) is 2.73. The molecule has 4 heterocycles. The van der Waals surface area contributed by atoms with Crippen LogP contribution in [0.3, 0.4) is 0 Å². The molecule has 28 heavy (non-hydrogen) atoms. The Labute approximate surface area is 163 Å². The highest BCUT2D eigenvalue weighted by atomic mass is 16.5. The zero-order valence-electron chi connectivity index (χ0n) is 15.6. The second-order valence-electron chi connectivity index (χ2n) is 7.79. The summed E-state index contributed by atoms with van der Waals surface area (Å²) in [6, 6.07) is 5.48. The number of hydrogen-bond donors (Lipinski definition) is 1. The van der Waals surface area contributed by atoms with Gasteiger partial charge >= 0.3 is 0 Å². The quantitative estimate of drug-likeness (QED) is 0.818. The molecular formula is C21H23N3O4. The molecule has 1 amide bonds. The van der Waals surface area contributed by atoms with E-state index in [9.17, 15) is 9.90 Å². The number of amides is 1. The number of hydrogen-bond acceptors (Lipinski definition) is 6. The molecule has 7 nitrogen and oxygen atoms in total. The van der Waals surface area contributed by atoms with Crippen LogP contribution in [0.25, 0.3) is 0 Å². The first-order valence-electron chi connectivity index (χ1n) is 9.86. The lowest BCUT2D eigenvalue weighted by molar-refractivity contribution is -0.147. The maximum atomic E-state index is 12.7. The Kier molecular flexibility index (Phi) is 4.19. The summed E-state index contributed by atoms with van der Waals surface area (Å²) >= 11 is 0. The van der Waals surface area contributed by atoms with E-state index in [-0.39, 0.29) is 23.7 Å². The lowest BCUT2D eigenvalue weighted by Gasteiger charge is -2.53. The molecule has 0 saturated carbocycles. The van der Waals surface area contributed by atoms with Crippen molar-refractivity contribution < 1.29 is 19.4 Å². The predicted octanol–water partition coefficient (Wildman–Crippen LogP) is 2.72. The molecule has 0 radical (unpaired) electrons. The van der Waals surface area contributed by atoms with Crippen LogP contribution < -0.4 is 4.74 Å². The normalized spacial score (nSPS) is 25.5. The Bertz CT molecular complexity index is 880. The van der Waals surface area contributed by atoms with Gasteiger partial charge in [-0.05, 0) is 18.9 Å². The van der Waals surface area contributed by atoms with Gasteiger partial charge in [0.1, 0.15) is 11.3 Å². The van der Waals surface area contributed by atoms with E-state index in [0.717, 1.165) is 25.0 Å². The van der Waals surface area contributed by atoms with Crippen LogP contribution >= 0.6 is 0 Å². The second-order valence-corrected chi connectivity index (χ2v) is 7.79. The standard InChI is InChI=1S/C21H23N3O4/c25-17-5-1-3-14-18-15(4-2-12-27-18)21(28-19(14)17)6-10-24(11-7-21)20(26)16-13-22-8-9-23-16/h1,3,5,8-9,13,15,18,25H,2,4,6-7,10-12H2/t15-,18+/m0/s1. The lowest BCUT2D eigenvalue weighted by Crippen LogP contribution is -2.57. The topological polar surface area (TPSA) is 84.8 Å². The molecule has 2 atom stereocenters. The molecule has 3 aliphatic heterocycles. The number of ether oxygens (including phenoxy) is 2. The molecule has 146 valence electrons. The third-order valence-electron chi connectivity index (χ3n) is 6.31. The van der Waals surface area contributed by atoms with Crippen LogP contribution in [0.1, 0.15) is 47.8 Å². The van der Waals surface area contributed by atoms with Crippen molar-refractivity contribution in [2.24, 2.45) is 5.92 Å². The van der Waals surface area contributed by atoms with Crippen molar-refractivity contribution in [3.8, 4) is 11.5 Å². The predicted molar refractivity (Wildman–Crippen MR) is 100 cm³/mol. The fourth-order valence-electron chi connectivity index (χ4n) is 4.92. The molecule has 3 aliphatic rings. The summed E-state index contributed by atoms with van der Waals surface area (Å²) in [7, 11) is 0. The molecule has 2 saturated heterocycles. The first-order chi connectivity index (χ1) is 13.7. The van der Waals surface area contributed by atoms with Gasteiger partial charge in [0.05, 0.1) is 12.3 Å². The average molecular weight is 381 g/mol. The second kappa shape index (κ2) is 6.74. The fraction of sp³-hybridized carbons (Fsp3) is 0.476. The van der Waals surface area contributed by atoms with E-state index in [0.29, 0.717) is 37.4 Å². The number of phenolic OH excluding ortho intramolecular Hbond substituents is 1. The SMILES string of the molecule is O=C(c1cnccn1)N1CCC2(CC1)Oc1c(O)cccc1[C@H]1OCCC[C@@H]12. The van der Waals surface area contributed by atoms with Crippen LogP contribution in [0, 0.1) is 5.92 Å². The molecule has 1 spiro atoms. The van der Waals surface area contributed by atoms with Crippen molar-refractivity contribution in [3.63, 3.8) is 0 Å². The van der Waals surface area contributed by atoms with Crippen molar-refractivity contribution in [1.29, 1.82) is 0 Å². The number of piperidine rings is 1. The summed E-state index contributed by atoms with van der Waals surface area (Å²) in [6.07, 6.45) is 7.97. The molecule has 1 aromatic heterocycles. The van der Waals surface area contributed by atoms with Gasteiger partial charge in [-0.1, -0.05) is 12.1 Å². The van der Waals surface area contributed by atoms with E-state index >= 15 is 0 Å². The molecule has 7 heteroatoms. The van der Waals surface area contributed by atoms with Gasteiger partial charge in [0.25, 0.3) is 5.91 Å².